The number of anilines is 1. The summed E-state index contributed by atoms with van der Waals surface area (Å²) in [6.07, 6.45) is 2.57. The number of fused-ring (bicyclic) bond motifs is 1. The number of hydrogen-bond acceptors (Lipinski definition) is 3. The molecule has 0 bridgehead atoms. The van der Waals surface area contributed by atoms with E-state index in [1.54, 1.807) is 5.01 Å². The lowest BCUT2D eigenvalue weighted by atomic mass is 10.2. The molecule has 101 valence electrons. The third-order valence-electron chi connectivity index (χ3n) is 3.87. The molecule has 2 heterocycles. The van der Waals surface area contributed by atoms with E-state index >= 15 is 0 Å². The molecule has 2 aliphatic rings. The van der Waals surface area contributed by atoms with Gasteiger partial charge in [-0.2, -0.15) is 0 Å². The third-order valence-corrected chi connectivity index (χ3v) is 3.87. The van der Waals surface area contributed by atoms with Gasteiger partial charge in [-0.05, 0) is 49.7 Å². The minimum absolute atomic E-state index is 0.411. The Labute approximate surface area is 113 Å². The van der Waals surface area contributed by atoms with Crippen molar-refractivity contribution in [1.29, 1.82) is 0 Å². The van der Waals surface area contributed by atoms with Gasteiger partial charge in [0.2, 0.25) is 0 Å². The van der Waals surface area contributed by atoms with Crippen molar-refractivity contribution < 1.29 is 4.79 Å². The van der Waals surface area contributed by atoms with Crippen molar-refractivity contribution in [2.75, 3.05) is 31.2 Å². The highest BCUT2D eigenvalue weighted by Crippen LogP contribution is 2.30. The van der Waals surface area contributed by atoms with Gasteiger partial charge in [-0.15, -0.1) is 0 Å². The molecule has 1 fully saturated rings. The van der Waals surface area contributed by atoms with Gasteiger partial charge in [0.15, 0.2) is 0 Å². The molecule has 0 spiro atoms. The topological polar surface area (TPSA) is 52.8 Å². The van der Waals surface area contributed by atoms with Crippen molar-refractivity contribution in [3.63, 3.8) is 0 Å². The predicted molar refractivity (Wildman–Crippen MR) is 73.4 cm³/mol. The zero-order valence-corrected chi connectivity index (χ0v) is 11.0. The molecule has 0 unspecified atom stereocenters. The summed E-state index contributed by atoms with van der Waals surface area (Å²) in [5.41, 5.74) is 7.52. The molecule has 2 N–H and O–H groups in total. The highest BCUT2D eigenvalue weighted by atomic mass is 16.2. The minimum Gasteiger partial charge on any atom is -0.350 e. The molecule has 1 saturated heterocycles. The van der Waals surface area contributed by atoms with Crippen LogP contribution in [0.15, 0.2) is 18.2 Å². The molecule has 1 aromatic rings. The Morgan fingerprint density at radius 2 is 2.11 bits per heavy atom. The van der Waals surface area contributed by atoms with Crippen LogP contribution in [0.25, 0.3) is 0 Å². The minimum atomic E-state index is -0.411. The summed E-state index contributed by atoms with van der Waals surface area (Å²) in [5.74, 6) is 0. The van der Waals surface area contributed by atoms with Crippen molar-refractivity contribution in [2.24, 2.45) is 5.73 Å². The fourth-order valence-corrected chi connectivity index (χ4v) is 2.91. The lowest BCUT2D eigenvalue weighted by Gasteiger charge is -2.28. The average Bonchev–Trinajstić information content (AvgIpc) is 3.03. The molecule has 1 aromatic carbocycles. The molecule has 3 rings (SSSR count). The van der Waals surface area contributed by atoms with E-state index in [0.717, 1.165) is 30.9 Å². The van der Waals surface area contributed by atoms with Gasteiger partial charge in [-0.25, -0.2) is 14.8 Å². The summed E-state index contributed by atoms with van der Waals surface area (Å²) >= 11 is 0. The zero-order valence-electron chi connectivity index (χ0n) is 11.0. The van der Waals surface area contributed by atoms with E-state index in [1.807, 2.05) is 23.2 Å². The maximum absolute atomic E-state index is 11.7. The van der Waals surface area contributed by atoms with Gasteiger partial charge in [0.25, 0.3) is 0 Å². The van der Waals surface area contributed by atoms with Crippen molar-refractivity contribution >= 4 is 11.7 Å². The van der Waals surface area contributed by atoms with Crippen LogP contribution in [0.2, 0.25) is 0 Å². The quantitative estimate of drug-likeness (QED) is 0.887. The molecule has 0 atom stereocenters. The van der Waals surface area contributed by atoms with E-state index in [1.165, 1.54) is 25.9 Å². The number of benzene rings is 1. The molecule has 1 radical (unpaired) electrons. The van der Waals surface area contributed by atoms with Crippen LogP contribution < -0.4 is 10.7 Å². The smallest absolute Gasteiger partial charge is 0.334 e. The van der Waals surface area contributed by atoms with Gasteiger partial charge in [0.05, 0.1) is 5.69 Å². The predicted octanol–water partition coefficient (Wildman–Crippen LogP) is 1.20. The summed E-state index contributed by atoms with van der Waals surface area (Å²) in [4.78, 5) is 14.1. The summed E-state index contributed by atoms with van der Waals surface area (Å²) in [6, 6.07) is 8.29. The zero-order chi connectivity index (χ0) is 13.2. The number of amides is 2. The first-order valence-electron chi connectivity index (χ1n) is 6.81. The monoisotopic (exact) mass is 259 g/mol. The van der Waals surface area contributed by atoms with Crippen LogP contribution in [-0.4, -0.2) is 42.1 Å². The number of likely N-dealkylation sites (tertiary alicyclic amines) is 1. The Morgan fingerprint density at radius 1 is 1.32 bits per heavy atom. The fraction of sp³-hybridized carbons (Fsp3) is 0.500. The Morgan fingerprint density at radius 3 is 2.84 bits per heavy atom. The molecule has 5 heteroatoms. The first-order valence-corrected chi connectivity index (χ1v) is 6.81. The maximum atomic E-state index is 11.7. The Balaban J connectivity index is 1.70. The Kier molecular flexibility index (Phi) is 3.40. The standard InChI is InChI=1S/C14H19N4O/c15-14(19)18-13-6-2-1-5-12(13)11-17(18)10-9-16-7-3-4-8-16/h2,5-6H,3-4,7-11H2,(H2,15,19). The molecular weight excluding hydrogens is 240 g/mol. The van der Waals surface area contributed by atoms with E-state index in [4.69, 9.17) is 5.73 Å². The molecule has 0 saturated carbocycles. The molecule has 19 heavy (non-hydrogen) atoms. The van der Waals surface area contributed by atoms with Crippen molar-refractivity contribution in [1.82, 2.24) is 9.91 Å². The van der Waals surface area contributed by atoms with Gasteiger partial charge in [-0.3, -0.25) is 0 Å². The number of urea groups is 1. The van der Waals surface area contributed by atoms with Gasteiger partial charge < -0.3 is 10.6 Å². The Bertz CT molecular complexity index is 470. The number of carbonyl (C=O) groups excluding carboxylic acids is 1. The number of hydrazine groups is 1. The van der Waals surface area contributed by atoms with Gasteiger partial charge in [0.1, 0.15) is 0 Å². The lowest BCUT2D eigenvalue weighted by molar-refractivity contribution is 0.204. The van der Waals surface area contributed by atoms with Crippen LogP contribution in [0.3, 0.4) is 0 Å². The molecule has 0 aromatic heterocycles. The highest BCUT2D eigenvalue weighted by Gasteiger charge is 2.30. The SMILES string of the molecule is NC(=O)N1c2cc[c]cc2CN1CCN1CCCC1. The van der Waals surface area contributed by atoms with Crippen LogP contribution in [0.1, 0.15) is 18.4 Å². The molecule has 0 aliphatic carbocycles. The van der Waals surface area contributed by atoms with Gasteiger partial charge in [-0.1, -0.05) is 6.07 Å². The average molecular weight is 259 g/mol. The lowest BCUT2D eigenvalue weighted by Crippen LogP contribution is -2.47. The van der Waals surface area contributed by atoms with Crippen LogP contribution in [0.5, 0.6) is 0 Å². The number of primary amides is 1. The summed E-state index contributed by atoms with van der Waals surface area (Å²) in [5, 5.41) is 3.62. The van der Waals surface area contributed by atoms with Gasteiger partial charge >= 0.3 is 6.03 Å². The van der Waals surface area contributed by atoms with Crippen molar-refractivity contribution in [3.8, 4) is 0 Å². The second-order valence-electron chi connectivity index (χ2n) is 5.14. The van der Waals surface area contributed by atoms with Crippen molar-refractivity contribution in [3.05, 3.63) is 29.8 Å². The molecule has 2 amide bonds. The number of nitrogens with zero attached hydrogens (tertiary/aromatic N) is 3. The molecule has 5 nitrogen and oxygen atoms in total. The number of hydrogen-bond donors (Lipinski definition) is 1. The highest BCUT2D eigenvalue weighted by molar-refractivity contribution is 5.91. The second kappa shape index (κ2) is 5.19. The number of nitrogens with two attached hydrogens (primary N) is 1. The van der Waals surface area contributed by atoms with Gasteiger partial charge in [0, 0.05) is 19.6 Å². The summed E-state index contributed by atoms with van der Waals surface area (Å²) in [6.45, 7) is 4.90. The van der Waals surface area contributed by atoms with Crippen LogP contribution in [0.4, 0.5) is 10.5 Å². The first kappa shape index (κ1) is 12.4. The normalized spacial score (nSPS) is 19.9. The second-order valence-corrected chi connectivity index (χ2v) is 5.14. The summed E-state index contributed by atoms with van der Waals surface area (Å²) in [7, 11) is 0. The van der Waals surface area contributed by atoms with E-state index in [9.17, 15) is 4.79 Å². The van der Waals surface area contributed by atoms with Crippen LogP contribution in [-0.2, 0) is 6.54 Å². The van der Waals surface area contributed by atoms with E-state index in [2.05, 4.69) is 11.0 Å². The number of rotatable bonds is 3. The van der Waals surface area contributed by atoms with E-state index < -0.39 is 6.03 Å². The summed E-state index contributed by atoms with van der Waals surface area (Å²) < 4.78 is 0. The maximum Gasteiger partial charge on any atom is 0.334 e. The number of carbonyl (C=O) groups is 1. The first-order chi connectivity index (χ1) is 9.25. The fourth-order valence-electron chi connectivity index (χ4n) is 2.91. The molecular formula is C14H19N4O. The van der Waals surface area contributed by atoms with Crippen LogP contribution in [0, 0.1) is 6.07 Å². The molecule has 2 aliphatic heterocycles. The van der Waals surface area contributed by atoms with Crippen LogP contribution >= 0.6 is 0 Å². The largest absolute Gasteiger partial charge is 0.350 e. The third kappa shape index (κ3) is 2.43. The van der Waals surface area contributed by atoms with Crippen molar-refractivity contribution in [2.45, 2.75) is 19.4 Å². The Hall–Kier alpha value is -1.59. The van der Waals surface area contributed by atoms with E-state index in [-0.39, 0.29) is 0 Å². The van der Waals surface area contributed by atoms with E-state index in [0.29, 0.717) is 0 Å².